The summed E-state index contributed by atoms with van der Waals surface area (Å²) >= 11 is 0. The van der Waals surface area contributed by atoms with Crippen LogP contribution in [0.3, 0.4) is 0 Å². The van der Waals surface area contributed by atoms with Crippen molar-refractivity contribution in [1.82, 2.24) is 19.1 Å². The zero-order valence-corrected chi connectivity index (χ0v) is 19.8. The molecule has 3 aromatic heterocycles. The molecule has 0 unspecified atom stereocenters. The van der Waals surface area contributed by atoms with Gasteiger partial charge in [0.2, 0.25) is 5.76 Å². The van der Waals surface area contributed by atoms with E-state index in [2.05, 4.69) is 9.97 Å². The van der Waals surface area contributed by atoms with Crippen LogP contribution in [0.2, 0.25) is 0 Å². The second kappa shape index (κ2) is 9.58. The molecule has 0 saturated carbocycles. The summed E-state index contributed by atoms with van der Waals surface area (Å²) in [6.07, 6.45) is 2.38. The number of aromatic amines is 1. The molecular formula is C24H28N4O6. The average Bonchev–Trinajstić information content (AvgIpc) is 3.35. The Balaban J connectivity index is 1.68. The molecule has 0 atom stereocenters. The van der Waals surface area contributed by atoms with Crippen LogP contribution in [-0.4, -0.2) is 32.2 Å². The van der Waals surface area contributed by atoms with E-state index in [0.29, 0.717) is 47.0 Å². The minimum Gasteiger partial charge on any atom is -0.497 e. The Morgan fingerprint density at radius 3 is 2.65 bits per heavy atom. The molecule has 0 aliphatic carbocycles. The summed E-state index contributed by atoms with van der Waals surface area (Å²) in [5, 5.41) is 0.760. The molecule has 0 spiro atoms. The van der Waals surface area contributed by atoms with Crippen LogP contribution in [0.15, 0.2) is 32.2 Å². The maximum Gasteiger partial charge on any atom is 0.375 e. The largest absolute Gasteiger partial charge is 0.497 e. The fraction of sp³-hybridized carbons (Fsp3) is 0.417. The van der Waals surface area contributed by atoms with Crippen molar-refractivity contribution in [3.05, 3.63) is 56.2 Å². The first-order chi connectivity index (χ1) is 16.4. The molecule has 0 aliphatic rings. The molecule has 10 heteroatoms. The number of esters is 1. The number of hydrogen-bond donors (Lipinski definition) is 1. The molecule has 0 saturated heterocycles. The molecule has 4 rings (SSSR count). The number of nitrogens with one attached hydrogen (secondary N) is 1. The lowest BCUT2D eigenvalue weighted by atomic mass is 10.1. The van der Waals surface area contributed by atoms with Gasteiger partial charge in [0, 0.05) is 24.0 Å². The van der Waals surface area contributed by atoms with E-state index >= 15 is 0 Å². The van der Waals surface area contributed by atoms with E-state index in [1.807, 2.05) is 13.8 Å². The number of imidazole rings is 1. The van der Waals surface area contributed by atoms with Gasteiger partial charge in [-0.15, -0.1) is 0 Å². The molecule has 1 N–H and O–H groups in total. The lowest BCUT2D eigenvalue weighted by Crippen LogP contribution is -2.31. The number of H-pyrrole nitrogens is 1. The molecule has 1 aromatic carbocycles. The van der Waals surface area contributed by atoms with Crippen molar-refractivity contribution in [2.24, 2.45) is 0 Å². The number of carbonyl (C=O) groups excluding carboxylic acids is 1. The van der Waals surface area contributed by atoms with Crippen LogP contribution in [0.4, 0.5) is 0 Å². The van der Waals surface area contributed by atoms with Gasteiger partial charge in [-0.05, 0) is 38.0 Å². The van der Waals surface area contributed by atoms with Gasteiger partial charge in [0.1, 0.15) is 23.8 Å². The van der Waals surface area contributed by atoms with E-state index in [1.54, 1.807) is 36.8 Å². The van der Waals surface area contributed by atoms with Crippen molar-refractivity contribution in [2.45, 2.75) is 59.7 Å². The molecule has 0 bridgehead atoms. The number of furan rings is 1. The van der Waals surface area contributed by atoms with Crippen LogP contribution in [0.5, 0.6) is 5.75 Å². The molecule has 34 heavy (non-hydrogen) atoms. The van der Waals surface area contributed by atoms with Crippen LogP contribution < -0.4 is 16.0 Å². The predicted octanol–water partition coefficient (Wildman–Crippen LogP) is 3.52. The van der Waals surface area contributed by atoms with Crippen molar-refractivity contribution in [3.63, 3.8) is 0 Å². The molecule has 10 nitrogen and oxygen atoms in total. The van der Waals surface area contributed by atoms with Crippen molar-refractivity contribution < 1.29 is 18.7 Å². The van der Waals surface area contributed by atoms with E-state index in [1.165, 1.54) is 4.57 Å². The van der Waals surface area contributed by atoms with Crippen molar-refractivity contribution in [2.75, 3.05) is 7.11 Å². The number of aryl methyl sites for hydroxylation is 3. The fourth-order valence-electron chi connectivity index (χ4n) is 4.03. The van der Waals surface area contributed by atoms with Gasteiger partial charge < -0.3 is 18.5 Å². The van der Waals surface area contributed by atoms with Crippen molar-refractivity contribution >= 4 is 28.1 Å². The number of fused-ring (bicyclic) bond motifs is 2. The molecule has 4 aromatic rings. The lowest BCUT2D eigenvalue weighted by Gasteiger charge is -2.08. The normalized spacial score (nSPS) is 11.4. The Bertz CT molecular complexity index is 1470. The third kappa shape index (κ3) is 4.11. The number of aromatic nitrogens is 4. The fourth-order valence-corrected chi connectivity index (χ4v) is 4.03. The first-order valence-electron chi connectivity index (χ1n) is 11.4. The number of unbranched alkanes of at least 4 members (excludes halogenated alkanes) is 1. The van der Waals surface area contributed by atoms with Gasteiger partial charge in [-0.1, -0.05) is 20.3 Å². The zero-order valence-electron chi connectivity index (χ0n) is 19.8. The summed E-state index contributed by atoms with van der Waals surface area (Å²) < 4.78 is 19.7. The topological polar surface area (TPSA) is 121 Å². The molecule has 0 aliphatic heterocycles. The van der Waals surface area contributed by atoms with Crippen molar-refractivity contribution in [1.29, 1.82) is 0 Å². The number of nitrogens with zero attached hydrogens (tertiary/aromatic N) is 3. The van der Waals surface area contributed by atoms with Gasteiger partial charge in [0.15, 0.2) is 11.2 Å². The molecule has 0 amide bonds. The minimum atomic E-state index is -0.639. The maximum absolute atomic E-state index is 12.9. The van der Waals surface area contributed by atoms with Gasteiger partial charge in [-0.25, -0.2) is 14.6 Å². The monoisotopic (exact) mass is 468 g/mol. The van der Waals surface area contributed by atoms with Crippen molar-refractivity contribution in [3.8, 4) is 5.75 Å². The molecule has 0 fully saturated rings. The van der Waals surface area contributed by atoms with E-state index in [4.69, 9.17) is 13.9 Å². The van der Waals surface area contributed by atoms with Crippen LogP contribution in [0.25, 0.3) is 22.1 Å². The second-order valence-corrected chi connectivity index (χ2v) is 8.11. The summed E-state index contributed by atoms with van der Waals surface area (Å²) in [6, 6.07) is 5.29. The summed E-state index contributed by atoms with van der Waals surface area (Å²) in [4.78, 5) is 44.8. The number of rotatable bonds is 9. The van der Waals surface area contributed by atoms with E-state index in [-0.39, 0.29) is 12.4 Å². The molecule has 0 radical (unpaired) electrons. The van der Waals surface area contributed by atoms with E-state index < -0.39 is 17.2 Å². The van der Waals surface area contributed by atoms with Crippen LogP contribution in [-0.2, 0) is 24.4 Å². The Labute approximate surface area is 195 Å². The molecule has 3 heterocycles. The molecular weight excluding hydrogens is 440 g/mol. The van der Waals surface area contributed by atoms with E-state index in [9.17, 15) is 14.4 Å². The highest BCUT2D eigenvalue weighted by Crippen LogP contribution is 2.29. The Morgan fingerprint density at radius 1 is 1.15 bits per heavy atom. The second-order valence-electron chi connectivity index (χ2n) is 8.11. The zero-order chi connectivity index (χ0) is 24.4. The summed E-state index contributed by atoms with van der Waals surface area (Å²) in [5.74, 6) is 0.505. The smallest absolute Gasteiger partial charge is 0.375 e. The van der Waals surface area contributed by atoms with Gasteiger partial charge in [0.05, 0.1) is 7.11 Å². The highest BCUT2D eigenvalue weighted by Gasteiger charge is 2.22. The van der Waals surface area contributed by atoms with Crippen LogP contribution in [0.1, 0.15) is 55.1 Å². The number of carbonyl (C=O) groups is 1. The first kappa shape index (κ1) is 23.3. The third-order valence-electron chi connectivity index (χ3n) is 5.81. The third-order valence-corrected chi connectivity index (χ3v) is 5.81. The Hall–Kier alpha value is -3.82. The van der Waals surface area contributed by atoms with Crippen LogP contribution >= 0.6 is 0 Å². The van der Waals surface area contributed by atoms with Gasteiger partial charge in [-0.3, -0.25) is 14.3 Å². The summed E-state index contributed by atoms with van der Waals surface area (Å²) in [7, 11) is 1.57. The number of benzene rings is 1. The Morgan fingerprint density at radius 2 is 1.94 bits per heavy atom. The number of ether oxygens (including phenoxy) is 2. The highest BCUT2D eigenvalue weighted by molar-refractivity contribution is 5.96. The predicted molar refractivity (Wildman–Crippen MR) is 126 cm³/mol. The van der Waals surface area contributed by atoms with Gasteiger partial charge >= 0.3 is 11.7 Å². The number of methoxy groups -OCH3 is 1. The van der Waals surface area contributed by atoms with Crippen LogP contribution in [0, 0.1) is 6.92 Å². The standard InChI is InChI=1S/C24H28N4O6/c1-5-7-11-28-21-19(22(29)26-24(28)31)27(10-6-2)18(25-21)13-33-23(30)20-14(3)16-12-15(32-4)8-9-17(16)34-20/h8-9,12H,5-7,10-11,13H2,1-4H3,(H,26,29,31). The SMILES string of the molecule is CCCCn1c(=O)[nH]c(=O)c2c1nc(COC(=O)c1oc3ccc(OC)cc3c1C)n2CCC. The minimum absolute atomic E-state index is 0.0964. The summed E-state index contributed by atoms with van der Waals surface area (Å²) in [6.45, 7) is 6.52. The average molecular weight is 469 g/mol. The Kier molecular flexibility index (Phi) is 6.58. The lowest BCUT2D eigenvalue weighted by molar-refractivity contribution is 0.0423. The number of hydrogen-bond acceptors (Lipinski definition) is 7. The van der Waals surface area contributed by atoms with Gasteiger partial charge in [-0.2, -0.15) is 0 Å². The van der Waals surface area contributed by atoms with Gasteiger partial charge in [0.25, 0.3) is 5.56 Å². The summed E-state index contributed by atoms with van der Waals surface area (Å²) in [5.41, 5.74) is 0.794. The molecule has 180 valence electrons. The first-order valence-corrected chi connectivity index (χ1v) is 11.4. The highest BCUT2D eigenvalue weighted by atomic mass is 16.5. The quantitative estimate of drug-likeness (QED) is 0.373. The maximum atomic E-state index is 12.9. The van der Waals surface area contributed by atoms with E-state index in [0.717, 1.165) is 24.6 Å².